The molecule has 1 aromatic heterocycles. The summed E-state index contributed by atoms with van der Waals surface area (Å²) in [4.78, 5) is 33.8. The Morgan fingerprint density at radius 3 is 2.54 bits per heavy atom. The van der Waals surface area contributed by atoms with Gasteiger partial charge in [0.05, 0.1) is 17.2 Å². The molecule has 1 aliphatic heterocycles. The number of fused-ring (bicyclic) bond motifs is 1. The Morgan fingerprint density at radius 1 is 1.04 bits per heavy atom. The second-order valence-electron chi connectivity index (χ2n) is 7.35. The largest absolute Gasteiger partial charge is 0.368 e. The number of nitrogens with zero attached hydrogens (tertiary/aromatic N) is 4. The van der Waals surface area contributed by atoms with Crippen LogP contribution in [0, 0.1) is 13.8 Å². The minimum atomic E-state index is -0.173. The van der Waals surface area contributed by atoms with Crippen molar-refractivity contribution >= 4 is 22.5 Å². The molecule has 3 aromatic rings. The van der Waals surface area contributed by atoms with Crippen molar-refractivity contribution in [1.82, 2.24) is 14.5 Å². The standard InChI is InChI=1S/C22H24N4O2/c1-16-7-8-20(17(2)13-16)24-9-11-25(12-10-24)21(27)14-26-15-23-19-6-4-3-5-18(19)22(26)28/h3-8,13,15H,9-12,14H2,1-2H3. The molecule has 1 aliphatic rings. The summed E-state index contributed by atoms with van der Waals surface area (Å²) in [5.41, 5.74) is 4.22. The van der Waals surface area contributed by atoms with Gasteiger partial charge < -0.3 is 9.80 Å². The van der Waals surface area contributed by atoms with Crippen LogP contribution in [-0.4, -0.2) is 46.5 Å². The number of anilines is 1. The van der Waals surface area contributed by atoms with Gasteiger partial charge in [0.2, 0.25) is 5.91 Å². The lowest BCUT2D eigenvalue weighted by Gasteiger charge is -2.37. The number of para-hydroxylation sites is 1. The van der Waals surface area contributed by atoms with Crippen LogP contribution in [0.5, 0.6) is 0 Å². The highest BCUT2D eigenvalue weighted by Gasteiger charge is 2.22. The van der Waals surface area contributed by atoms with Crippen LogP contribution in [0.3, 0.4) is 0 Å². The minimum Gasteiger partial charge on any atom is -0.368 e. The average molecular weight is 376 g/mol. The SMILES string of the molecule is Cc1ccc(N2CCN(C(=O)Cn3cnc4ccccc4c3=O)CC2)c(C)c1. The van der Waals surface area contributed by atoms with Crippen LogP contribution >= 0.6 is 0 Å². The van der Waals surface area contributed by atoms with Crippen LogP contribution in [0.15, 0.2) is 53.6 Å². The van der Waals surface area contributed by atoms with Gasteiger partial charge in [0.25, 0.3) is 5.56 Å². The fourth-order valence-corrected chi connectivity index (χ4v) is 3.82. The van der Waals surface area contributed by atoms with E-state index in [1.807, 2.05) is 17.0 Å². The van der Waals surface area contributed by atoms with Crippen molar-refractivity contribution in [2.45, 2.75) is 20.4 Å². The molecule has 144 valence electrons. The van der Waals surface area contributed by atoms with E-state index in [1.165, 1.54) is 27.7 Å². The van der Waals surface area contributed by atoms with E-state index in [9.17, 15) is 9.59 Å². The van der Waals surface area contributed by atoms with Crippen LogP contribution < -0.4 is 10.5 Å². The van der Waals surface area contributed by atoms with Crippen molar-refractivity contribution in [3.05, 3.63) is 70.3 Å². The van der Waals surface area contributed by atoms with Crippen LogP contribution in [0.4, 0.5) is 5.69 Å². The fraction of sp³-hybridized carbons (Fsp3) is 0.318. The van der Waals surface area contributed by atoms with Crippen LogP contribution in [0.25, 0.3) is 10.9 Å². The normalized spacial score (nSPS) is 14.5. The summed E-state index contributed by atoms with van der Waals surface area (Å²) in [5.74, 6) is -0.0422. The van der Waals surface area contributed by atoms with Crippen molar-refractivity contribution in [2.24, 2.45) is 0 Å². The van der Waals surface area contributed by atoms with Gasteiger partial charge in [-0.05, 0) is 37.6 Å². The molecule has 0 aliphatic carbocycles. The van der Waals surface area contributed by atoms with Crippen molar-refractivity contribution in [1.29, 1.82) is 0 Å². The summed E-state index contributed by atoms with van der Waals surface area (Å²) >= 11 is 0. The number of hydrogen-bond donors (Lipinski definition) is 0. The molecule has 1 amide bonds. The molecule has 28 heavy (non-hydrogen) atoms. The smallest absolute Gasteiger partial charge is 0.261 e. The van der Waals surface area contributed by atoms with E-state index >= 15 is 0 Å². The third kappa shape index (κ3) is 3.50. The van der Waals surface area contributed by atoms with Crippen LogP contribution in [0.2, 0.25) is 0 Å². The first-order valence-corrected chi connectivity index (χ1v) is 9.57. The van der Waals surface area contributed by atoms with E-state index in [2.05, 4.69) is 41.9 Å². The maximum absolute atomic E-state index is 12.7. The van der Waals surface area contributed by atoms with E-state index in [4.69, 9.17) is 0 Å². The molecule has 6 heteroatoms. The number of carbonyl (C=O) groups is 1. The summed E-state index contributed by atoms with van der Waals surface area (Å²) in [5, 5.41) is 0.539. The first-order valence-electron chi connectivity index (χ1n) is 9.57. The zero-order chi connectivity index (χ0) is 19.7. The monoisotopic (exact) mass is 376 g/mol. The summed E-state index contributed by atoms with van der Waals surface area (Å²) in [7, 11) is 0. The third-order valence-corrected chi connectivity index (χ3v) is 5.36. The second-order valence-corrected chi connectivity index (χ2v) is 7.35. The molecule has 0 saturated carbocycles. The predicted octanol–water partition coefficient (Wildman–Crippen LogP) is 2.36. The van der Waals surface area contributed by atoms with Gasteiger partial charge in [-0.1, -0.05) is 29.8 Å². The Labute approximate surface area is 164 Å². The van der Waals surface area contributed by atoms with Gasteiger partial charge in [-0.2, -0.15) is 0 Å². The molecule has 0 radical (unpaired) electrons. The molecule has 2 heterocycles. The molecule has 1 fully saturated rings. The number of amides is 1. The summed E-state index contributed by atoms with van der Waals surface area (Å²) in [6, 6.07) is 13.7. The number of aromatic nitrogens is 2. The first kappa shape index (κ1) is 18.2. The van der Waals surface area contributed by atoms with Crippen molar-refractivity contribution < 1.29 is 4.79 Å². The van der Waals surface area contributed by atoms with Crippen LogP contribution in [-0.2, 0) is 11.3 Å². The van der Waals surface area contributed by atoms with E-state index in [1.54, 1.807) is 12.1 Å². The van der Waals surface area contributed by atoms with Gasteiger partial charge in [0, 0.05) is 31.9 Å². The highest BCUT2D eigenvalue weighted by Crippen LogP contribution is 2.22. The van der Waals surface area contributed by atoms with Crippen LogP contribution in [0.1, 0.15) is 11.1 Å². The number of hydrogen-bond acceptors (Lipinski definition) is 4. The Morgan fingerprint density at radius 2 is 1.79 bits per heavy atom. The molecule has 2 aromatic carbocycles. The van der Waals surface area contributed by atoms with Gasteiger partial charge in [0.1, 0.15) is 6.54 Å². The maximum Gasteiger partial charge on any atom is 0.261 e. The number of carbonyl (C=O) groups excluding carboxylic acids is 1. The number of rotatable bonds is 3. The zero-order valence-corrected chi connectivity index (χ0v) is 16.3. The van der Waals surface area contributed by atoms with Gasteiger partial charge in [0.15, 0.2) is 0 Å². The number of aryl methyl sites for hydroxylation is 2. The Hall–Kier alpha value is -3.15. The highest BCUT2D eigenvalue weighted by molar-refractivity contribution is 5.79. The number of piperazine rings is 1. The molecule has 4 rings (SSSR count). The average Bonchev–Trinajstić information content (AvgIpc) is 2.70. The van der Waals surface area contributed by atoms with Gasteiger partial charge in [-0.15, -0.1) is 0 Å². The van der Waals surface area contributed by atoms with Crippen molar-refractivity contribution in [2.75, 3.05) is 31.1 Å². The summed E-state index contributed by atoms with van der Waals surface area (Å²) in [6.45, 7) is 7.14. The highest BCUT2D eigenvalue weighted by atomic mass is 16.2. The minimum absolute atomic E-state index is 0.0280. The Kier molecular flexibility index (Phi) is 4.86. The molecule has 0 spiro atoms. The maximum atomic E-state index is 12.7. The first-order chi connectivity index (χ1) is 13.5. The van der Waals surface area contributed by atoms with Gasteiger partial charge in [-0.25, -0.2) is 4.98 Å². The van der Waals surface area contributed by atoms with E-state index < -0.39 is 0 Å². The second kappa shape index (κ2) is 7.46. The molecule has 1 saturated heterocycles. The summed E-state index contributed by atoms with van der Waals surface area (Å²) in [6.07, 6.45) is 1.47. The van der Waals surface area contributed by atoms with E-state index in [0.717, 1.165) is 13.1 Å². The Balaban J connectivity index is 1.43. The molecule has 0 unspecified atom stereocenters. The lowest BCUT2D eigenvalue weighted by atomic mass is 10.1. The quantitative estimate of drug-likeness (QED) is 0.704. The number of benzene rings is 2. The molecular weight excluding hydrogens is 352 g/mol. The summed E-state index contributed by atoms with van der Waals surface area (Å²) < 4.78 is 1.40. The molecule has 6 nitrogen and oxygen atoms in total. The van der Waals surface area contributed by atoms with Gasteiger partial charge >= 0.3 is 0 Å². The van der Waals surface area contributed by atoms with E-state index in [-0.39, 0.29) is 18.0 Å². The van der Waals surface area contributed by atoms with Crippen molar-refractivity contribution in [3.63, 3.8) is 0 Å². The molecule has 0 N–H and O–H groups in total. The predicted molar refractivity (Wildman–Crippen MR) is 111 cm³/mol. The van der Waals surface area contributed by atoms with E-state index in [0.29, 0.717) is 24.0 Å². The zero-order valence-electron chi connectivity index (χ0n) is 16.3. The molecule has 0 bridgehead atoms. The fourth-order valence-electron chi connectivity index (χ4n) is 3.82. The molecule has 0 atom stereocenters. The lowest BCUT2D eigenvalue weighted by molar-refractivity contribution is -0.132. The topological polar surface area (TPSA) is 58.4 Å². The van der Waals surface area contributed by atoms with Gasteiger partial charge in [-0.3, -0.25) is 14.2 Å². The lowest BCUT2D eigenvalue weighted by Crippen LogP contribution is -2.50. The Bertz CT molecular complexity index is 1080. The third-order valence-electron chi connectivity index (χ3n) is 5.36. The molecular formula is C22H24N4O2. The van der Waals surface area contributed by atoms with Crippen molar-refractivity contribution in [3.8, 4) is 0 Å².